The summed E-state index contributed by atoms with van der Waals surface area (Å²) in [5.41, 5.74) is 5.45. The number of rotatable bonds is 9. The summed E-state index contributed by atoms with van der Waals surface area (Å²) >= 11 is 0. The maximum Gasteiger partial charge on any atom is 0.249 e. The number of hydrogen-bond donors (Lipinski definition) is 1. The second-order valence-electron chi connectivity index (χ2n) is 8.76. The van der Waals surface area contributed by atoms with E-state index in [2.05, 4.69) is 11.1 Å². The Kier molecular flexibility index (Phi) is 7.12. The van der Waals surface area contributed by atoms with Crippen molar-refractivity contribution in [3.63, 3.8) is 0 Å². The van der Waals surface area contributed by atoms with Crippen molar-refractivity contribution in [2.24, 2.45) is 0 Å². The minimum Gasteiger partial charge on any atom is -0.497 e. The normalized spacial score (nSPS) is 15.2. The largest absolute Gasteiger partial charge is 0.497 e. The molecule has 0 fully saturated rings. The highest BCUT2D eigenvalue weighted by Gasteiger charge is 2.33. The maximum absolute atomic E-state index is 13.3. The highest BCUT2D eigenvalue weighted by Crippen LogP contribution is 2.36. The van der Waals surface area contributed by atoms with Gasteiger partial charge in [0.15, 0.2) is 0 Å². The Morgan fingerprint density at radius 1 is 0.943 bits per heavy atom. The number of nitrogens with one attached hydrogen (secondary N) is 1. The van der Waals surface area contributed by atoms with Gasteiger partial charge in [0.2, 0.25) is 5.91 Å². The lowest BCUT2D eigenvalue weighted by molar-refractivity contribution is -0.141. The average molecular weight is 471 g/mol. The van der Waals surface area contributed by atoms with Gasteiger partial charge in [-0.1, -0.05) is 60.7 Å². The first kappa shape index (κ1) is 23.1. The smallest absolute Gasteiger partial charge is 0.249 e. The van der Waals surface area contributed by atoms with Crippen molar-refractivity contribution in [3.05, 3.63) is 101 Å². The summed E-state index contributed by atoms with van der Waals surface area (Å²) in [7, 11) is 1.68. The number of carbonyl (C=O) groups is 1. The number of nitrogens with zero attached hydrogens (tertiary/aromatic N) is 1. The van der Waals surface area contributed by atoms with Crippen molar-refractivity contribution in [3.8, 4) is 5.75 Å². The third-order valence-corrected chi connectivity index (χ3v) is 6.50. The van der Waals surface area contributed by atoms with Gasteiger partial charge >= 0.3 is 0 Å². The summed E-state index contributed by atoms with van der Waals surface area (Å²) in [6.45, 7) is 1.95. The summed E-state index contributed by atoms with van der Waals surface area (Å²) in [6, 6.07) is 25.8. The molecule has 0 aliphatic carbocycles. The number of methoxy groups -OCH3 is 1. The Morgan fingerprint density at radius 3 is 2.31 bits per heavy atom. The Hall–Kier alpha value is -3.61. The van der Waals surface area contributed by atoms with Crippen molar-refractivity contribution < 1.29 is 19.0 Å². The van der Waals surface area contributed by atoms with E-state index in [0.29, 0.717) is 26.4 Å². The van der Waals surface area contributed by atoms with Crippen LogP contribution in [0.1, 0.15) is 28.4 Å². The van der Waals surface area contributed by atoms with E-state index in [9.17, 15) is 4.79 Å². The molecule has 0 saturated carbocycles. The molecular weight excluding hydrogens is 440 g/mol. The fourth-order valence-corrected chi connectivity index (χ4v) is 4.72. The van der Waals surface area contributed by atoms with Crippen LogP contribution in [-0.2, 0) is 33.9 Å². The Balaban J connectivity index is 1.35. The molecule has 1 amide bonds. The number of hydrogen-bond acceptors (Lipinski definition) is 4. The summed E-state index contributed by atoms with van der Waals surface area (Å²) in [4.78, 5) is 18.7. The van der Waals surface area contributed by atoms with Crippen LogP contribution in [0.15, 0.2) is 78.9 Å². The van der Waals surface area contributed by atoms with Crippen molar-refractivity contribution in [2.75, 3.05) is 26.9 Å². The molecule has 1 aromatic heterocycles. The van der Waals surface area contributed by atoms with Crippen LogP contribution >= 0.6 is 0 Å². The first-order chi connectivity index (χ1) is 17.2. The Labute approximate surface area is 205 Å². The Bertz CT molecular complexity index is 1270. The van der Waals surface area contributed by atoms with Gasteiger partial charge in [-0.3, -0.25) is 4.79 Å². The molecule has 1 aliphatic heterocycles. The number of benzene rings is 3. The van der Waals surface area contributed by atoms with E-state index in [-0.39, 0.29) is 18.6 Å². The minimum atomic E-state index is -0.214. The number of ether oxygens (including phenoxy) is 3. The SMILES string of the molecule is COc1ccc2[nH]c3c(c2c1)CCN(C(=O)COCc1ccccc1)C3COCc1ccccc1. The predicted molar refractivity (Wildman–Crippen MR) is 135 cm³/mol. The molecule has 35 heavy (non-hydrogen) atoms. The Morgan fingerprint density at radius 2 is 1.63 bits per heavy atom. The molecule has 0 bridgehead atoms. The van der Waals surface area contributed by atoms with Gasteiger partial charge in [-0.2, -0.15) is 0 Å². The van der Waals surface area contributed by atoms with Crippen LogP contribution in [0.4, 0.5) is 0 Å². The average Bonchev–Trinajstić information content (AvgIpc) is 3.28. The van der Waals surface area contributed by atoms with Gasteiger partial charge in [0.05, 0.1) is 33.0 Å². The highest BCUT2D eigenvalue weighted by molar-refractivity contribution is 5.87. The standard InChI is InChI=1S/C29H30N2O4/c1-33-23-12-13-26-25(16-23)24-14-15-31(28(32)20-35-18-22-10-6-3-7-11-22)27(29(24)30-26)19-34-17-21-8-4-2-5-9-21/h2-13,16,27,30H,14-15,17-20H2,1H3. The van der Waals surface area contributed by atoms with Crippen LogP contribution in [0.2, 0.25) is 0 Å². The summed E-state index contributed by atoms with van der Waals surface area (Å²) in [5, 5.41) is 1.14. The van der Waals surface area contributed by atoms with Crippen LogP contribution in [0.5, 0.6) is 5.75 Å². The van der Waals surface area contributed by atoms with Crippen LogP contribution in [0.25, 0.3) is 10.9 Å². The van der Waals surface area contributed by atoms with Gasteiger partial charge < -0.3 is 24.1 Å². The van der Waals surface area contributed by atoms with E-state index in [4.69, 9.17) is 14.2 Å². The molecule has 6 heteroatoms. The predicted octanol–water partition coefficient (Wildman–Crippen LogP) is 5.04. The molecule has 0 radical (unpaired) electrons. The van der Waals surface area contributed by atoms with E-state index >= 15 is 0 Å². The van der Waals surface area contributed by atoms with Gasteiger partial charge in [0.1, 0.15) is 12.4 Å². The second kappa shape index (κ2) is 10.8. The molecule has 2 heterocycles. The van der Waals surface area contributed by atoms with Gasteiger partial charge in [-0.25, -0.2) is 0 Å². The second-order valence-corrected chi connectivity index (χ2v) is 8.76. The lowest BCUT2D eigenvalue weighted by Crippen LogP contribution is -2.43. The van der Waals surface area contributed by atoms with Crippen LogP contribution < -0.4 is 4.74 Å². The third-order valence-electron chi connectivity index (χ3n) is 6.50. The van der Waals surface area contributed by atoms with Crippen molar-refractivity contribution >= 4 is 16.8 Å². The van der Waals surface area contributed by atoms with Gasteiger partial charge in [-0.15, -0.1) is 0 Å². The van der Waals surface area contributed by atoms with Crippen LogP contribution in [-0.4, -0.2) is 42.7 Å². The molecule has 0 saturated heterocycles. The number of fused-ring (bicyclic) bond motifs is 3. The van der Waals surface area contributed by atoms with Crippen molar-refractivity contribution in [1.29, 1.82) is 0 Å². The highest BCUT2D eigenvalue weighted by atomic mass is 16.5. The lowest BCUT2D eigenvalue weighted by atomic mass is 9.97. The first-order valence-corrected chi connectivity index (χ1v) is 11.9. The number of H-pyrrole nitrogens is 1. The summed E-state index contributed by atoms with van der Waals surface area (Å²) in [5.74, 6) is 0.792. The minimum absolute atomic E-state index is 0.0314. The fraction of sp³-hybridized carbons (Fsp3) is 0.276. The molecule has 1 unspecified atom stereocenters. The number of aromatic amines is 1. The number of aromatic nitrogens is 1. The zero-order valence-corrected chi connectivity index (χ0v) is 19.9. The van der Waals surface area contributed by atoms with Crippen LogP contribution in [0.3, 0.4) is 0 Å². The quantitative estimate of drug-likeness (QED) is 0.372. The molecule has 1 atom stereocenters. The zero-order chi connectivity index (χ0) is 24.0. The van der Waals surface area contributed by atoms with Gasteiger partial charge in [0.25, 0.3) is 0 Å². The van der Waals surface area contributed by atoms with Gasteiger partial charge in [-0.05, 0) is 41.3 Å². The molecular formula is C29H30N2O4. The number of carbonyl (C=O) groups excluding carboxylic acids is 1. The first-order valence-electron chi connectivity index (χ1n) is 11.9. The van der Waals surface area contributed by atoms with E-state index in [0.717, 1.165) is 39.9 Å². The molecule has 180 valence electrons. The van der Waals surface area contributed by atoms with E-state index in [1.807, 2.05) is 77.7 Å². The molecule has 0 spiro atoms. The monoisotopic (exact) mass is 470 g/mol. The molecule has 6 nitrogen and oxygen atoms in total. The molecule has 1 aliphatic rings. The third kappa shape index (κ3) is 5.24. The van der Waals surface area contributed by atoms with E-state index < -0.39 is 0 Å². The number of amides is 1. The molecule has 1 N–H and O–H groups in total. The maximum atomic E-state index is 13.3. The van der Waals surface area contributed by atoms with Crippen molar-refractivity contribution in [1.82, 2.24) is 9.88 Å². The van der Waals surface area contributed by atoms with E-state index in [1.165, 1.54) is 5.56 Å². The fourth-order valence-electron chi connectivity index (χ4n) is 4.72. The lowest BCUT2D eigenvalue weighted by Gasteiger charge is -2.35. The molecule has 3 aromatic carbocycles. The van der Waals surface area contributed by atoms with Crippen molar-refractivity contribution in [2.45, 2.75) is 25.7 Å². The van der Waals surface area contributed by atoms with Gasteiger partial charge in [0, 0.05) is 23.1 Å². The van der Waals surface area contributed by atoms with E-state index in [1.54, 1.807) is 7.11 Å². The summed E-state index contributed by atoms with van der Waals surface area (Å²) in [6.07, 6.45) is 0.766. The topological polar surface area (TPSA) is 63.8 Å². The molecule has 5 rings (SSSR count). The zero-order valence-electron chi connectivity index (χ0n) is 19.9. The summed E-state index contributed by atoms with van der Waals surface area (Å²) < 4.78 is 17.4. The molecule has 4 aromatic rings. The van der Waals surface area contributed by atoms with Crippen LogP contribution in [0, 0.1) is 0 Å².